The van der Waals surface area contributed by atoms with Crippen LogP contribution in [0.15, 0.2) is 18.2 Å². The lowest BCUT2D eigenvalue weighted by Gasteiger charge is -2.39. The topological polar surface area (TPSA) is 38.7 Å². The molecule has 1 saturated heterocycles. The SMILES string of the molecule is OCC1(CSCCc2ccc3c(c2)CCO3)COC1. The molecule has 104 valence electrons. The predicted octanol–water partition coefficient (Wildman–Crippen LogP) is 1.91. The second kappa shape index (κ2) is 5.73. The minimum Gasteiger partial charge on any atom is -0.493 e. The highest BCUT2D eigenvalue weighted by Gasteiger charge is 2.37. The number of rotatable bonds is 6. The van der Waals surface area contributed by atoms with Crippen LogP contribution in [-0.2, 0) is 17.6 Å². The summed E-state index contributed by atoms with van der Waals surface area (Å²) in [7, 11) is 0. The molecule has 1 fully saturated rings. The molecule has 0 unspecified atom stereocenters. The van der Waals surface area contributed by atoms with Crippen molar-refractivity contribution in [1.29, 1.82) is 0 Å². The first kappa shape index (κ1) is 13.3. The number of hydrogen-bond donors (Lipinski definition) is 1. The summed E-state index contributed by atoms with van der Waals surface area (Å²) in [6, 6.07) is 6.54. The highest BCUT2D eigenvalue weighted by atomic mass is 32.2. The highest BCUT2D eigenvalue weighted by molar-refractivity contribution is 7.99. The Labute approximate surface area is 118 Å². The molecule has 0 spiro atoms. The van der Waals surface area contributed by atoms with Crippen molar-refractivity contribution in [3.63, 3.8) is 0 Å². The summed E-state index contributed by atoms with van der Waals surface area (Å²) in [4.78, 5) is 0. The smallest absolute Gasteiger partial charge is 0.122 e. The molecule has 0 aliphatic carbocycles. The van der Waals surface area contributed by atoms with Crippen LogP contribution in [0.25, 0.3) is 0 Å². The monoisotopic (exact) mass is 280 g/mol. The molecule has 1 aromatic rings. The van der Waals surface area contributed by atoms with Crippen LogP contribution in [0.4, 0.5) is 0 Å². The van der Waals surface area contributed by atoms with E-state index >= 15 is 0 Å². The normalized spacial score (nSPS) is 19.6. The molecule has 3 nitrogen and oxygen atoms in total. The third-order valence-electron chi connectivity index (χ3n) is 3.85. The molecular formula is C15H20O3S. The molecule has 1 N–H and O–H groups in total. The maximum absolute atomic E-state index is 9.35. The van der Waals surface area contributed by atoms with Gasteiger partial charge in [0.15, 0.2) is 0 Å². The summed E-state index contributed by atoms with van der Waals surface area (Å²) >= 11 is 1.92. The van der Waals surface area contributed by atoms with E-state index in [-0.39, 0.29) is 12.0 Å². The van der Waals surface area contributed by atoms with Crippen molar-refractivity contribution in [2.75, 3.05) is 37.9 Å². The Hall–Kier alpha value is -0.710. The Bertz CT molecular complexity index is 438. The van der Waals surface area contributed by atoms with Crippen LogP contribution in [-0.4, -0.2) is 43.0 Å². The first-order valence-corrected chi connectivity index (χ1v) is 7.98. The Morgan fingerprint density at radius 3 is 2.95 bits per heavy atom. The lowest BCUT2D eigenvalue weighted by atomic mass is 9.90. The zero-order valence-corrected chi connectivity index (χ0v) is 11.9. The number of hydrogen-bond acceptors (Lipinski definition) is 4. The zero-order valence-electron chi connectivity index (χ0n) is 11.1. The number of thioether (sulfide) groups is 1. The first-order chi connectivity index (χ1) is 9.31. The lowest BCUT2D eigenvalue weighted by Crippen LogP contribution is -2.47. The fourth-order valence-electron chi connectivity index (χ4n) is 2.49. The number of aryl methyl sites for hydroxylation is 1. The molecule has 0 amide bonds. The number of aliphatic hydroxyl groups excluding tert-OH is 1. The van der Waals surface area contributed by atoms with Crippen LogP contribution in [0.1, 0.15) is 11.1 Å². The van der Waals surface area contributed by atoms with Gasteiger partial charge in [0.25, 0.3) is 0 Å². The average molecular weight is 280 g/mol. The Morgan fingerprint density at radius 1 is 1.32 bits per heavy atom. The van der Waals surface area contributed by atoms with Crippen molar-refractivity contribution >= 4 is 11.8 Å². The van der Waals surface area contributed by atoms with Gasteiger partial charge < -0.3 is 14.6 Å². The quantitative estimate of drug-likeness (QED) is 0.808. The summed E-state index contributed by atoms with van der Waals surface area (Å²) in [6.07, 6.45) is 2.13. The fraction of sp³-hybridized carbons (Fsp3) is 0.600. The maximum atomic E-state index is 9.35. The molecule has 4 heteroatoms. The second-order valence-electron chi connectivity index (χ2n) is 5.49. The fourth-order valence-corrected chi connectivity index (χ4v) is 3.70. The van der Waals surface area contributed by atoms with Crippen molar-refractivity contribution in [3.05, 3.63) is 29.3 Å². The van der Waals surface area contributed by atoms with E-state index in [4.69, 9.17) is 9.47 Å². The lowest BCUT2D eigenvalue weighted by molar-refractivity contribution is -0.121. The second-order valence-corrected chi connectivity index (χ2v) is 6.60. The molecule has 0 aromatic heterocycles. The largest absolute Gasteiger partial charge is 0.493 e. The Morgan fingerprint density at radius 2 is 2.21 bits per heavy atom. The molecule has 2 aliphatic rings. The summed E-state index contributed by atoms with van der Waals surface area (Å²) in [5, 5.41) is 9.35. The van der Waals surface area contributed by atoms with E-state index in [0.29, 0.717) is 13.2 Å². The Balaban J connectivity index is 1.45. The van der Waals surface area contributed by atoms with Gasteiger partial charge in [-0.2, -0.15) is 11.8 Å². The number of benzene rings is 1. The molecule has 0 atom stereocenters. The minimum atomic E-state index is 0.0381. The van der Waals surface area contributed by atoms with Crippen molar-refractivity contribution in [2.24, 2.45) is 5.41 Å². The van der Waals surface area contributed by atoms with Crippen LogP contribution in [0.2, 0.25) is 0 Å². The molecule has 0 radical (unpaired) electrons. The molecule has 2 heterocycles. The van der Waals surface area contributed by atoms with E-state index in [1.165, 1.54) is 11.1 Å². The van der Waals surface area contributed by atoms with E-state index in [9.17, 15) is 5.11 Å². The van der Waals surface area contributed by atoms with Gasteiger partial charge in [0.1, 0.15) is 5.75 Å². The predicted molar refractivity (Wildman–Crippen MR) is 77.0 cm³/mol. The van der Waals surface area contributed by atoms with Crippen molar-refractivity contribution in [1.82, 2.24) is 0 Å². The van der Waals surface area contributed by atoms with Gasteiger partial charge in [-0.3, -0.25) is 0 Å². The molecule has 19 heavy (non-hydrogen) atoms. The van der Waals surface area contributed by atoms with Gasteiger partial charge in [-0.05, 0) is 29.4 Å². The van der Waals surface area contributed by atoms with Crippen LogP contribution in [0, 0.1) is 5.41 Å². The number of aliphatic hydroxyl groups is 1. The van der Waals surface area contributed by atoms with E-state index in [0.717, 1.165) is 36.7 Å². The van der Waals surface area contributed by atoms with Crippen molar-refractivity contribution in [3.8, 4) is 5.75 Å². The number of fused-ring (bicyclic) bond motifs is 1. The summed E-state index contributed by atoms with van der Waals surface area (Å²) in [6.45, 7) is 2.50. The molecule has 2 aliphatic heterocycles. The highest BCUT2D eigenvalue weighted by Crippen LogP contribution is 2.31. The van der Waals surface area contributed by atoms with Gasteiger partial charge in [-0.1, -0.05) is 12.1 Å². The van der Waals surface area contributed by atoms with Crippen LogP contribution < -0.4 is 4.74 Å². The standard InChI is InChI=1S/C15H20O3S/c16-8-15(9-17-10-15)11-19-6-4-12-1-2-14-13(7-12)3-5-18-14/h1-2,7,16H,3-6,8-11H2. The summed E-state index contributed by atoms with van der Waals surface area (Å²) in [5.41, 5.74) is 2.78. The molecule has 3 rings (SSSR count). The zero-order chi connectivity index (χ0) is 13.1. The van der Waals surface area contributed by atoms with Gasteiger partial charge in [-0.25, -0.2) is 0 Å². The Kier molecular flexibility index (Phi) is 4.01. The summed E-state index contributed by atoms with van der Waals surface area (Å²) in [5.74, 6) is 3.15. The van der Waals surface area contributed by atoms with Crippen molar-refractivity contribution in [2.45, 2.75) is 12.8 Å². The van der Waals surface area contributed by atoms with Crippen molar-refractivity contribution < 1.29 is 14.6 Å². The van der Waals surface area contributed by atoms with Crippen LogP contribution >= 0.6 is 11.8 Å². The van der Waals surface area contributed by atoms with Gasteiger partial charge in [0.2, 0.25) is 0 Å². The molecule has 0 bridgehead atoms. The minimum absolute atomic E-state index is 0.0381. The van der Waals surface area contributed by atoms with E-state index < -0.39 is 0 Å². The molecular weight excluding hydrogens is 260 g/mol. The van der Waals surface area contributed by atoms with Gasteiger partial charge in [-0.15, -0.1) is 0 Å². The summed E-state index contributed by atoms with van der Waals surface area (Å²) < 4.78 is 10.7. The van der Waals surface area contributed by atoms with Crippen LogP contribution in [0.5, 0.6) is 5.75 Å². The van der Waals surface area contributed by atoms with E-state index in [2.05, 4.69) is 18.2 Å². The maximum Gasteiger partial charge on any atom is 0.122 e. The van der Waals surface area contributed by atoms with Gasteiger partial charge in [0.05, 0.1) is 26.4 Å². The third kappa shape index (κ3) is 2.91. The van der Waals surface area contributed by atoms with E-state index in [1.807, 2.05) is 11.8 Å². The first-order valence-electron chi connectivity index (χ1n) is 6.82. The molecule has 0 saturated carbocycles. The van der Waals surface area contributed by atoms with Gasteiger partial charge in [0, 0.05) is 17.6 Å². The third-order valence-corrected chi connectivity index (χ3v) is 5.16. The number of ether oxygens (including phenoxy) is 2. The van der Waals surface area contributed by atoms with Gasteiger partial charge >= 0.3 is 0 Å². The van der Waals surface area contributed by atoms with E-state index in [1.54, 1.807) is 0 Å². The molecule has 1 aromatic carbocycles. The average Bonchev–Trinajstić information content (AvgIpc) is 2.84. The van der Waals surface area contributed by atoms with Crippen LogP contribution in [0.3, 0.4) is 0 Å².